The van der Waals surface area contributed by atoms with Crippen LogP contribution in [0.25, 0.3) is 0 Å². The minimum atomic E-state index is -0.762. The molecular weight excluding hydrogens is 216 g/mol. The van der Waals surface area contributed by atoms with E-state index < -0.39 is 5.60 Å². The molecule has 0 spiro atoms. The van der Waals surface area contributed by atoms with Gasteiger partial charge in [0.25, 0.3) is 0 Å². The third-order valence-corrected chi connectivity index (χ3v) is 3.46. The molecule has 0 aromatic rings. The Morgan fingerprint density at radius 3 is 2.82 bits per heavy atom. The zero-order valence-corrected chi connectivity index (χ0v) is 11.3. The second-order valence-corrected chi connectivity index (χ2v) is 5.26. The molecular formula is C13H26N2O2. The van der Waals surface area contributed by atoms with Crippen LogP contribution >= 0.6 is 0 Å². The van der Waals surface area contributed by atoms with Crippen LogP contribution in [0.5, 0.6) is 0 Å². The van der Waals surface area contributed by atoms with Crippen LogP contribution in [0, 0.1) is 0 Å². The normalized spacial score (nSPS) is 24.8. The lowest BCUT2D eigenvalue weighted by Crippen LogP contribution is -2.54. The maximum absolute atomic E-state index is 12.2. The standard InChI is InChI=1S/C13H26N2O2/c1-4-8-14-11-7-6-9-15(12(11)16)10-13(3,17)5-2/h11,14,17H,4-10H2,1-3H3. The highest BCUT2D eigenvalue weighted by Gasteiger charge is 2.32. The van der Waals surface area contributed by atoms with Gasteiger partial charge in [-0.2, -0.15) is 0 Å². The van der Waals surface area contributed by atoms with Crippen molar-refractivity contribution in [1.82, 2.24) is 10.2 Å². The topological polar surface area (TPSA) is 52.6 Å². The van der Waals surface area contributed by atoms with Gasteiger partial charge in [-0.15, -0.1) is 0 Å². The molecule has 1 aliphatic rings. The second kappa shape index (κ2) is 6.36. The molecule has 1 rings (SSSR count). The van der Waals surface area contributed by atoms with Gasteiger partial charge in [0, 0.05) is 13.1 Å². The lowest BCUT2D eigenvalue weighted by molar-refractivity contribution is -0.139. The van der Waals surface area contributed by atoms with E-state index in [0.717, 1.165) is 32.4 Å². The van der Waals surface area contributed by atoms with Crippen LogP contribution in [0.4, 0.5) is 0 Å². The minimum absolute atomic E-state index is 0.0450. The predicted octanol–water partition coefficient (Wildman–Crippen LogP) is 1.14. The molecule has 0 radical (unpaired) electrons. The largest absolute Gasteiger partial charge is 0.388 e. The van der Waals surface area contributed by atoms with E-state index in [1.54, 1.807) is 11.8 Å². The molecule has 2 atom stereocenters. The van der Waals surface area contributed by atoms with Crippen LogP contribution in [0.1, 0.15) is 46.5 Å². The first-order valence-electron chi connectivity index (χ1n) is 6.74. The number of nitrogens with zero attached hydrogens (tertiary/aromatic N) is 1. The molecule has 100 valence electrons. The third kappa shape index (κ3) is 4.28. The summed E-state index contributed by atoms with van der Waals surface area (Å²) in [4.78, 5) is 14.0. The summed E-state index contributed by atoms with van der Waals surface area (Å²) in [5.41, 5.74) is -0.762. The maximum atomic E-state index is 12.2. The van der Waals surface area contributed by atoms with Gasteiger partial charge in [0.05, 0.1) is 11.6 Å². The van der Waals surface area contributed by atoms with E-state index in [4.69, 9.17) is 0 Å². The van der Waals surface area contributed by atoms with Crippen molar-refractivity contribution in [2.24, 2.45) is 0 Å². The van der Waals surface area contributed by atoms with E-state index in [2.05, 4.69) is 12.2 Å². The highest BCUT2D eigenvalue weighted by Crippen LogP contribution is 2.17. The Morgan fingerprint density at radius 2 is 2.24 bits per heavy atom. The van der Waals surface area contributed by atoms with Crippen LogP contribution in [0.2, 0.25) is 0 Å². The molecule has 1 saturated heterocycles. The van der Waals surface area contributed by atoms with Gasteiger partial charge >= 0.3 is 0 Å². The number of amides is 1. The van der Waals surface area contributed by atoms with Crippen molar-refractivity contribution in [3.63, 3.8) is 0 Å². The summed E-state index contributed by atoms with van der Waals surface area (Å²) in [6.07, 6.45) is 3.65. The van der Waals surface area contributed by atoms with Gasteiger partial charge < -0.3 is 15.3 Å². The van der Waals surface area contributed by atoms with Crippen molar-refractivity contribution in [2.45, 2.75) is 58.1 Å². The van der Waals surface area contributed by atoms with E-state index in [1.807, 2.05) is 6.92 Å². The first-order valence-corrected chi connectivity index (χ1v) is 6.74. The van der Waals surface area contributed by atoms with Crippen LogP contribution in [0.15, 0.2) is 0 Å². The second-order valence-electron chi connectivity index (χ2n) is 5.26. The van der Waals surface area contributed by atoms with E-state index >= 15 is 0 Å². The lowest BCUT2D eigenvalue weighted by Gasteiger charge is -2.37. The number of nitrogens with one attached hydrogen (secondary N) is 1. The lowest BCUT2D eigenvalue weighted by atomic mass is 9.99. The molecule has 0 bridgehead atoms. The highest BCUT2D eigenvalue weighted by molar-refractivity contribution is 5.82. The number of piperidine rings is 1. The number of hydrogen-bond donors (Lipinski definition) is 2. The number of likely N-dealkylation sites (tertiary alicyclic amines) is 1. The van der Waals surface area contributed by atoms with E-state index in [1.165, 1.54) is 0 Å². The number of carbonyl (C=O) groups excluding carboxylic acids is 1. The smallest absolute Gasteiger partial charge is 0.239 e. The van der Waals surface area contributed by atoms with E-state index in [0.29, 0.717) is 13.0 Å². The summed E-state index contributed by atoms with van der Waals surface area (Å²) >= 11 is 0. The fraction of sp³-hybridized carbons (Fsp3) is 0.923. The summed E-state index contributed by atoms with van der Waals surface area (Å²) in [6.45, 7) is 7.95. The third-order valence-electron chi connectivity index (χ3n) is 3.46. The minimum Gasteiger partial charge on any atom is -0.388 e. The van der Waals surface area contributed by atoms with Crippen LogP contribution in [0.3, 0.4) is 0 Å². The number of carbonyl (C=O) groups is 1. The zero-order chi connectivity index (χ0) is 12.9. The first kappa shape index (κ1) is 14.5. The Balaban J connectivity index is 2.53. The predicted molar refractivity (Wildman–Crippen MR) is 68.8 cm³/mol. The fourth-order valence-electron chi connectivity index (χ4n) is 2.13. The number of rotatable bonds is 6. The van der Waals surface area contributed by atoms with Gasteiger partial charge in [0.2, 0.25) is 5.91 Å². The molecule has 1 aliphatic heterocycles. The van der Waals surface area contributed by atoms with Crippen molar-refractivity contribution < 1.29 is 9.90 Å². The SMILES string of the molecule is CCCNC1CCCN(CC(C)(O)CC)C1=O. The summed E-state index contributed by atoms with van der Waals surface area (Å²) in [7, 11) is 0. The molecule has 2 N–H and O–H groups in total. The van der Waals surface area contributed by atoms with Gasteiger partial charge in [-0.1, -0.05) is 13.8 Å². The monoisotopic (exact) mass is 242 g/mol. The summed E-state index contributed by atoms with van der Waals surface area (Å²) in [6, 6.07) is -0.0450. The van der Waals surface area contributed by atoms with E-state index in [-0.39, 0.29) is 11.9 Å². The van der Waals surface area contributed by atoms with E-state index in [9.17, 15) is 9.90 Å². The highest BCUT2D eigenvalue weighted by atomic mass is 16.3. The van der Waals surface area contributed by atoms with Gasteiger partial charge in [-0.25, -0.2) is 0 Å². The zero-order valence-electron chi connectivity index (χ0n) is 11.3. The molecule has 4 heteroatoms. The van der Waals surface area contributed by atoms with Gasteiger partial charge in [-0.3, -0.25) is 4.79 Å². The van der Waals surface area contributed by atoms with Crippen molar-refractivity contribution in [3.05, 3.63) is 0 Å². The molecule has 1 amide bonds. The van der Waals surface area contributed by atoms with Crippen molar-refractivity contribution >= 4 is 5.91 Å². The Hall–Kier alpha value is -0.610. The Kier molecular flexibility index (Phi) is 5.40. The average molecular weight is 242 g/mol. The first-order chi connectivity index (χ1) is 8.00. The summed E-state index contributed by atoms with van der Waals surface area (Å²) in [5.74, 6) is 0.151. The quantitative estimate of drug-likeness (QED) is 0.734. The maximum Gasteiger partial charge on any atom is 0.239 e. The van der Waals surface area contributed by atoms with Gasteiger partial charge in [0.15, 0.2) is 0 Å². The molecule has 0 aromatic carbocycles. The Labute approximate surface area is 104 Å². The van der Waals surface area contributed by atoms with Crippen molar-refractivity contribution in [3.8, 4) is 0 Å². The van der Waals surface area contributed by atoms with Gasteiger partial charge in [-0.05, 0) is 39.2 Å². The molecule has 0 aromatic heterocycles. The van der Waals surface area contributed by atoms with Crippen molar-refractivity contribution in [1.29, 1.82) is 0 Å². The fourth-order valence-corrected chi connectivity index (χ4v) is 2.13. The summed E-state index contributed by atoms with van der Waals surface area (Å²) in [5, 5.41) is 13.3. The molecule has 4 nitrogen and oxygen atoms in total. The molecule has 1 fully saturated rings. The molecule has 2 unspecified atom stereocenters. The van der Waals surface area contributed by atoms with Gasteiger partial charge in [0.1, 0.15) is 0 Å². The Morgan fingerprint density at radius 1 is 1.53 bits per heavy atom. The number of β-amino-alcohol motifs (C(OH)–C–C–N with tert-alkyl or cyclic N) is 1. The van der Waals surface area contributed by atoms with Crippen LogP contribution < -0.4 is 5.32 Å². The van der Waals surface area contributed by atoms with Crippen LogP contribution in [-0.4, -0.2) is 47.2 Å². The number of hydrogen-bond acceptors (Lipinski definition) is 3. The molecule has 17 heavy (non-hydrogen) atoms. The Bertz CT molecular complexity index is 254. The average Bonchev–Trinajstić information content (AvgIpc) is 2.30. The molecule has 0 aliphatic carbocycles. The van der Waals surface area contributed by atoms with Crippen molar-refractivity contribution in [2.75, 3.05) is 19.6 Å². The molecule has 0 saturated carbocycles. The van der Waals surface area contributed by atoms with Crippen LogP contribution in [-0.2, 0) is 4.79 Å². The summed E-state index contributed by atoms with van der Waals surface area (Å²) < 4.78 is 0. The number of aliphatic hydroxyl groups is 1. The molecule has 1 heterocycles.